The van der Waals surface area contributed by atoms with Crippen molar-refractivity contribution in [2.24, 2.45) is 0 Å². The van der Waals surface area contributed by atoms with Crippen LogP contribution in [0.2, 0.25) is 0 Å². The van der Waals surface area contributed by atoms with E-state index in [9.17, 15) is 31.5 Å². The maximum absolute atomic E-state index is 12.6. The highest BCUT2D eigenvalue weighted by Gasteiger charge is 2.46. The van der Waals surface area contributed by atoms with Crippen molar-refractivity contribution in [1.29, 1.82) is 0 Å². The molecule has 1 aromatic heterocycles. The van der Waals surface area contributed by atoms with E-state index in [2.05, 4.69) is 20.9 Å². The van der Waals surface area contributed by atoms with Crippen LogP contribution in [0.4, 0.5) is 13.2 Å². The van der Waals surface area contributed by atoms with Crippen molar-refractivity contribution in [3.05, 3.63) is 50.8 Å². The van der Waals surface area contributed by atoms with Crippen molar-refractivity contribution in [3.63, 3.8) is 0 Å². The Morgan fingerprint density at radius 1 is 1.27 bits per heavy atom. The average molecular weight is 523 g/mol. The first-order valence-corrected chi connectivity index (χ1v) is 12.9. The molecule has 4 N–H and O–H groups in total. The Morgan fingerprint density at radius 2 is 1.97 bits per heavy atom. The van der Waals surface area contributed by atoms with Gasteiger partial charge >= 0.3 is 5.51 Å². The third-order valence-corrected chi connectivity index (χ3v) is 7.97. The van der Waals surface area contributed by atoms with Gasteiger partial charge in [-0.2, -0.15) is 13.2 Å². The number of carbonyl (C=O) groups excluding carboxylic acids is 1. The number of sulfone groups is 1. The third kappa shape index (κ3) is 6.06. The maximum Gasteiger partial charge on any atom is 0.501 e. The fourth-order valence-electron chi connectivity index (χ4n) is 2.88. The number of thioether (sulfide) groups is 1. The molecule has 0 bridgehead atoms. The number of halogens is 3. The van der Waals surface area contributed by atoms with Crippen molar-refractivity contribution in [3.8, 4) is 0 Å². The molecule has 0 fully saturated rings. The zero-order valence-electron chi connectivity index (χ0n) is 17.3. The largest absolute Gasteiger partial charge is 0.501 e. The molecule has 2 heterocycles. The standard InChI is InChI=1S/C19H21F3N4O4S3/c1-2-23-8-13-17(32-16(9-27)24-13)14-10-31-18(25-14)26-15(28)7-11-3-5-12(6-4-11)33(29,30)19(20,21)22/h3-6,10,18,23,25,27H,2,7-9H2,1H3,(H,26,28). The second kappa shape index (κ2) is 10.4. The molecule has 3 rings (SSSR count). The second-order valence-electron chi connectivity index (χ2n) is 6.85. The average Bonchev–Trinajstić information content (AvgIpc) is 3.38. The van der Waals surface area contributed by atoms with Gasteiger partial charge in [0.2, 0.25) is 5.91 Å². The number of aliphatic hydroxyl groups is 1. The molecule has 1 aromatic carbocycles. The lowest BCUT2D eigenvalue weighted by Gasteiger charge is -2.15. The Bertz CT molecular complexity index is 1130. The van der Waals surface area contributed by atoms with Crippen molar-refractivity contribution in [1.82, 2.24) is 20.9 Å². The molecule has 33 heavy (non-hydrogen) atoms. The lowest BCUT2D eigenvalue weighted by Crippen LogP contribution is -2.40. The van der Waals surface area contributed by atoms with E-state index in [4.69, 9.17) is 0 Å². The van der Waals surface area contributed by atoms with Crippen LogP contribution >= 0.6 is 23.1 Å². The molecule has 0 saturated heterocycles. The van der Waals surface area contributed by atoms with E-state index in [0.29, 0.717) is 17.1 Å². The van der Waals surface area contributed by atoms with Gasteiger partial charge in [0.05, 0.1) is 34.2 Å². The number of benzene rings is 1. The van der Waals surface area contributed by atoms with Gasteiger partial charge in [-0.3, -0.25) is 4.79 Å². The van der Waals surface area contributed by atoms with Crippen LogP contribution in [-0.2, 0) is 34.2 Å². The molecule has 1 atom stereocenters. The number of hydrogen-bond donors (Lipinski definition) is 4. The van der Waals surface area contributed by atoms with E-state index in [-0.39, 0.29) is 13.0 Å². The Hall–Kier alpha value is -2.13. The lowest BCUT2D eigenvalue weighted by molar-refractivity contribution is -0.120. The highest BCUT2D eigenvalue weighted by atomic mass is 32.2. The number of amides is 1. The first kappa shape index (κ1) is 25.5. The Kier molecular flexibility index (Phi) is 8.05. The Labute approximate surface area is 196 Å². The Morgan fingerprint density at radius 3 is 2.58 bits per heavy atom. The summed E-state index contributed by atoms with van der Waals surface area (Å²) in [6.45, 7) is 3.08. The molecule has 0 aliphatic carbocycles. The molecule has 1 amide bonds. The number of nitrogens with zero attached hydrogens (tertiary/aromatic N) is 1. The number of hydrogen-bond acceptors (Lipinski definition) is 9. The number of alkyl halides is 3. The number of thiazole rings is 1. The van der Waals surface area contributed by atoms with E-state index in [0.717, 1.165) is 34.9 Å². The highest BCUT2D eigenvalue weighted by Crippen LogP contribution is 2.33. The van der Waals surface area contributed by atoms with Crippen LogP contribution in [0.3, 0.4) is 0 Å². The maximum atomic E-state index is 12.6. The molecule has 2 aromatic rings. The van der Waals surface area contributed by atoms with Gasteiger partial charge in [-0.05, 0) is 29.6 Å². The molecule has 0 radical (unpaired) electrons. The van der Waals surface area contributed by atoms with Crippen LogP contribution < -0.4 is 16.0 Å². The summed E-state index contributed by atoms with van der Waals surface area (Å²) in [6.07, 6.45) is -0.138. The van der Waals surface area contributed by atoms with Gasteiger partial charge in [-0.25, -0.2) is 13.4 Å². The topological polar surface area (TPSA) is 120 Å². The molecular weight excluding hydrogens is 501 g/mol. The van der Waals surface area contributed by atoms with Crippen molar-refractivity contribution in [2.75, 3.05) is 6.54 Å². The van der Waals surface area contributed by atoms with E-state index >= 15 is 0 Å². The highest BCUT2D eigenvalue weighted by molar-refractivity contribution is 8.03. The van der Waals surface area contributed by atoms with Crippen LogP contribution in [0, 0.1) is 0 Å². The summed E-state index contributed by atoms with van der Waals surface area (Å²) in [7, 11) is -5.43. The van der Waals surface area contributed by atoms with E-state index < -0.39 is 31.6 Å². The smallest absolute Gasteiger partial charge is 0.389 e. The first-order chi connectivity index (χ1) is 15.5. The zero-order chi connectivity index (χ0) is 24.2. The molecule has 0 spiro atoms. The number of aliphatic hydroxyl groups excluding tert-OH is 1. The summed E-state index contributed by atoms with van der Waals surface area (Å²) < 4.78 is 60.8. The summed E-state index contributed by atoms with van der Waals surface area (Å²) in [5.41, 5.74) is -3.94. The molecule has 14 heteroatoms. The minimum atomic E-state index is -5.43. The van der Waals surface area contributed by atoms with Crippen molar-refractivity contribution in [2.45, 2.75) is 42.4 Å². The summed E-state index contributed by atoms with van der Waals surface area (Å²) >= 11 is 2.68. The minimum absolute atomic E-state index is 0.138. The fraction of sp³-hybridized carbons (Fsp3) is 0.368. The molecule has 8 nitrogen and oxygen atoms in total. The monoisotopic (exact) mass is 522 g/mol. The molecule has 1 unspecified atom stereocenters. The summed E-state index contributed by atoms with van der Waals surface area (Å²) in [6, 6.07) is 4.03. The van der Waals surface area contributed by atoms with Crippen LogP contribution in [0.25, 0.3) is 5.70 Å². The van der Waals surface area contributed by atoms with Crippen LogP contribution in [0.1, 0.15) is 28.1 Å². The summed E-state index contributed by atoms with van der Waals surface area (Å²) in [4.78, 5) is 16.8. The van der Waals surface area contributed by atoms with Gasteiger partial charge < -0.3 is 21.1 Å². The number of nitrogens with one attached hydrogen (secondary N) is 3. The van der Waals surface area contributed by atoms with E-state index in [1.807, 2.05) is 12.3 Å². The predicted octanol–water partition coefficient (Wildman–Crippen LogP) is 2.32. The molecule has 0 saturated carbocycles. The van der Waals surface area contributed by atoms with Gasteiger partial charge in [0.1, 0.15) is 5.01 Å². The van der Waals surface area contributed by atoms with Crippen molar-refractivity contribution >= 4 is 44.5 Å². The zero-order valence-corrected chi connectivity index (χ0v) is 19.7. The van der Waals surface area contributed by atoms with Gasteiger partial charge in [0, 0.05) is 6.54 Å². The normalized spacial score (nSPS) is 16.4. The quantitative estimate of drug-likeness (QED) is 0.396. The molecule has 180 valence electrons. The van der Waals surface area contributed by atoms with E-state index in [1.165, 1.54) is 35.2 Å². The van der Waals surface area contributed by atoms with Crippen LogP contribution in [0.5, 0.6) is 0 Å². The SMILES string of the molecule is CCNCc1nc(CO)sc1C1=CSC(NC(=O)Cc2ccc(S(=O)(=O)C(F)(F)F)cc2)N1. The number of carbonyl (C=O) groups is 1. The predicted molar refractivity (Wildman–Crippen MR) is 119 cm³/mol. The number of rotatable bonds is 9. The van der Waals surface area contributed by atoms with Crippen LogP contribution in [-0.4, -0.2) is 42.0 Å². The second-order valence-corrected chi connectivity index (χ2v) is 10.9. The van der Waals surface area contributed by atoms with Gasteiger partial charge in [-0.15, -0.1) is 11.3 Å². The van der Waals surface area contributed by atoms with Gasteiger partial charge in [0.15, 0.2) is 5.50 Å². The minimum Gasteiger partial charge on any atom is -0.389 e. The van der Waals surface area contributed by atoms with Crippen molar-refractivity contribution < 1.29 is 31.5 Å². The van der Waals surface area contributed by atoms with Gasteiger partial charge in [-0.1, -0.05) is 30.8 Å². The van der Waals surface area contributed by atoms with Gasteiger partial charge in [0.25, 0.3) is 9.84 Å². The van der Waals surface area contributed by atoms with Crippen LogP contribution in [0.15, 0.2) is 34.6 Å². The molecule has 1 aliphatic heterocycles. The molecular formula is C19H21F3N4O4S3. The first-order valence-electron chi connectivity index (χ1n) is 9.67. The number of aromatic nitrogens is 1. The summed E-state index contributed by atoms with van der Waals surface area (Å²) in [5.74, 6) is -0.394. The molecule has 1 aliphatic rings. The fourth-order valence-corrected chi connectivity index (χ4v) is 5.49. The Balaban J connectivity index is 1.59. The summed E-state index contributed by atoms with van der Waals surface area (Å²) in [5, 5.41) is 20.9. The lowest BCUT2D eigenvalue weighted by atomic mass is 10.1. The van der Waals surface area contributed by atoms with E-state index in [1.54, 1.807) is 0 Å². The third-order valence-electron chi connectivity index (χ3n) is 4.47.